The van der Waals surface area contributed by atoms with E-state index in [9.17, 15) is 22.0 Å². The molecule has 0 bridgehead atoms. The molecule has 0 spiro atoms. The summed E-state index contributed by atoms with van der Waals surface area (Å²) < 4.78 is 63.0. The van der Waals surface area contributed by atoms with E-state index in [1.807, 2.05) is 13.8 Å². The minimum atomic E-state index is -4.64. The van der Waals surface area contributed by atoms with Gasteiger partial charge in [-0.15, -0.1) is 25.8 Å². The Morgan fingerprint density at radius 1 is 0.957 bits per heavy atom. The summed E-state index contributed by atoms with van der Waals surface area (Å²) in [5, 5.41) is 0. The molecule has 2 rings (SSSR count). The predicted octanol–water partition coefficient (Wildman–Crippen LogP) is 6.17. The zero-order valence-electron chi connectivity index (χ0n) is 12.8. The number of hydrogen-bond donors (Lipinski definition) is 1. The summed E-state index contributed by atoms with van der Waals surface area (Å²) in [6, 6.07) is 8.78. The third kappa shape index (κ3) is 9.78. The Morgan fingerprint density at radius 2 is 1.57 bits per heavy atom. The van der Waals surface area contributed by atoms with Crippen LogP contribution in [-0.4, -0.2) is 6.36 Å². The molecule has 7 heteroatoms. The lowest BCUT2D eigenvalue weighted by molar-refractivity contribution is -0.274. The number of aryl methyl sites for hydroxylation is 1. The van der Waals surface area contributed by atoms with E-state index < -0.39 is 12.2 Å². The number of rotatable bonds is 1. The molecule has 0 aliphatic carbocycles. The summed E-state index contributed by atoms with van der Waals surface area (Å²) in [5.74, 6) is -1.01. The van der Waals surface area contributed by atoms with E-state index in [-0.39, 0.29) is 11.6 Å². The van der Waals surface area contributed by atoms with Crippen molar-refractivity contribution >= 4 is 12.6 Å². The largest absolute Gasteiger partial charge is 0.573 e. The second-order valence-corrected chi connectivity index (χ2v) is 4.46. The van der Waals surface area contributed by atoms with Gasteiger partial charge in [0.2, 0.25) is 0 Å². The summed E-state index contributed by atoms with van der Waals surface area (Å²) in [6.45, 7) is 5.53. The molecule has 1 nitrogen and oxygen atoms in total. The Balaban J connectivity index is 0.000000392. The van der Waals surface area contributed by atoms with Crippen LogP contribution in [0.5, 0.6) is 5.75 Å². The van der Waals surface area contributed by atoms with Crippen LogP contribution in [0.4, 0.5) is 22.0 Å². The van der Waals surface area contributed by atoms with Gasteiger partial charge in [-0.1, -0.05) is 19.9 Å². The normalized spacial score (nSPS) is 9.96. The quantitative estimate of drug-likeness (QED) is 0.477. The number of alkyl halides is 3. The van der Waals surface area contributed by atoms with Crippen molar-refractivity contribution < 1.29 is 26.7 Å². The van der Waals surface area contributed by atoms with Gasteiger partial charge in [-0.2, -0.15) is 0 Å². The van der Waals surface area contributed by atoms with Crippen molar-refractivity contribution in [1.29, 1.82) is 0 Å². The highest BCUT2D eigenvalue weighted by molar-refractivity contribution is 7.80. The fraction of sp³-hybridized carbons (Fsp3) is 0.250. The molecule has 0 aliphatic rings. The molecule has 23 heavy (non-hydrogen) atoms. The van der Waals surface area contributed by atoms with Crippen molar-refractivity contribution in [3.63, 3.8) is 0 Å². The maximum Gasteiger partial charge on any atom is 0.573 e. The van der Waals surface area contributed by atoms with Gasteiger partial charge in [-0.05, 0) is 48.9 Å². The molecule has 128 valence electrons. The topological polar surface area (TPSA) is 9.23 Å². The van der Waals surface area contributed by atoms with E-state index in [1.165, 1.54) is 25.1 Å². The molecule has 0 N–H and O–H groups in total. The van der Waals surface area contributed by atoms with Crippen LogP contribution in [0.3, 0.4) is 0 Å². The molecule has 0 heterocycles. The predicted molar refractivity (Wildman–Crippen MR) is 82.8 cm³/mol. The van der Waals surface area contributed by atoms with E-state index in [4.69, 9.17) is 0 Å². The van der Waals surface area contributed by atoms with Crippen molar-refractivity contribution in [3.05, 3.63) is 59.7 Å². The van der Waals surface area contributed by atoms with E-state index in [0.717, 1.165) is 18.2 Å². The Bertz CT molecular complexity index is 599. The van der Waals surface area contributed by atoms with E-state index in [0.29, 0.717) is 10.5 Å². The fourth-order valence-electron chi connectivity index (χ4n) is 1.29. The second kappa shape index (κ2) is 10.1. The van der Waals surface area contributed by atoms with Crippen molar-refractivity contribution in [2.75, 3.05) is 0 Å². The van der Waals surface area contributed by atoms with Gasteiger partial charge < -0.3 is 4.74 Å². The molecule has 0 amide bonds. The zero-order chi connectivity index (χ0) is 18.0. The van der Waals surface area contributed by atoms with Crippen LogP contribution in [0.1, 0.15) is 19.4 Å². The summed E-state index contributed by atoms with van der Waals surface area (Å²) in [6.07, 6.45) is -4.64. The Hall–Kier alpha value is -1.76. The van der Waals surface area contributed by atoms with Gasteiger partial charge in [0.25, 0.3) is 0 Å². The standard InChI is InChI=1S/C7H5F3OS.C7H6F2.C2H6/c8-7(9,10)11-5-2-1-3-6(12)4-5;1-5-4-6(8)2-3-7(5)9;1-2/h1-4,12H;2-4H,1H3;1-2H3. The van der Waals surface area contributed by atoms with Crippen molar-refractivity contribution in [3.8, 4) is 5.75 Å². The molecule has 0 saturated heterocycles. The van der Waals surface area contributed by atoms with Crippen LogP contribution in [0, 0.1) is 18.6 Å². The van der Waals surface area contributed by atoms with Crippen molar-refractivity contribution in [1.82, 2.24) is 0 Å². The first-order chi connectivity index (χ1) is 10.7. The number of benzene rings is 2. The highest BCUT2D eigenvalue weighted by Crippen LogP contribution is 2.24. The lowest BCUT2D eigenvalue weighted by Crippen LogP contribution is -2.16. The molecule has 2 aromatic rings. The first-order valence-corrected chi connectivity index (χ1v) is 7.08. The first-order valence-electron chi connectivity index (χ1n) is 6.64. The molecular weight excluding hydrogens is 335 g/mol. The van der Waals surface area contributed by atoms with Gasteiger partial charge in [0, 0.05) is 4.90 Å². The summed E-state index contributed by atoms with van der Waals surface area (Å²) in [4.78, 5) is 0.428. The molecule has 0 aromatic heterocycles. The highest BCUT2D eigenvalue weighted by Gasteiger charge is 2.30. The van der Waals surface area contributed by atoms with Crippen LogP contribution >= 0.6 is 12.6 Å². The molecule has 0 radical (unpaired) electrons. The van der Waals surface area contributed by atoms with Gasteiger partial charge in [-0.3, -0.25) is 0 Å². The van der Waals surface area contributed by atoms with E-state index in [1.54, 1.807) is 6.07 Å². The van der Waals surface area contributed by atoms with Crippen LogP contribution in [0.15, 0.2) is 47.4 Å². The lowest BCUT2D eigenvalue weighted by atomic mass is 10.2. The number of ether oxygens (including phenoxy) is 1. The third-order valence-corrected chi connectivity index (χ3v) is 2.45. The summed E-state index contributed by atoms with van der Waals surface area (Å²) >= 11 is 3.86. The van der Waals surface area contributed by atoms with Gasteiger partial charge in [-0.25, -0.2) is 8.78 Å². The molecular formula is C16H17F5OS. The van der Waals surface area contributed by atoms with E-state index in [2.05, 4.69) is 17.4 Å². The van der Waals surface area contributed by atoms with Crippen LogP contribution < -0.4 is 4.74 Å². The second-order valence-electron chi connectivity index (χ2n) is 3.94. The van der Waals surface area contributed by atoms with Gasteiger partial charge >= 0.3 is 6.36 Å². The SMILES string of the molecule is CC.Cc1cc(F)ccc1F.FC(F)(F)Oc1cccc(S)c1. The van der Waals surface area contributed by atoms with Crippen molar-refractivity contribution in [2.24, 2.45) is 0 Å². The Kier molecular flexibility index (Phi) is 9.32. The maximum absolute atomic E-state index is 12.3. The van der Waals surface area contributed by atoms with Gasteiger partial charge in [0.15, 0.2) is 0 Å². The minimum absolute atomic E-state index is 0.255. The van der Waals surface area contributed by atoms with Crippen LogP contribution in [0.25, 0.3) is 0 Å². The zero-order valence-corrected chi connectivity index (χ0v) is 13.7. The molecule has 0 atom stereocenters. The molecule has 2 aromatic carbocycles. The lowest BCUT2D eigenvalue weighted by Gasteiger charge is -2.08. The Morgan fingerprint density at radius 3 is 2.00 bits per heavy atom. The number of thiol groups is 1. The molecule has 0 saturated carbocycles. The van der Waals surface area contributed by atoms with Gasteiger partial charge in [0.05, 0.1) is 0 Å². The summed E-state index contributed by atoms with van der Waals surface area (Å²) in [7, 11) is 0. The summed E-state index contributed by atoms with van der Waals surface area (Å²) in [5.41, 5.74) is 0.343. The molecule has 0 aliphatic heterocycles. The average molecular weight is 352 g/mol. The van der Waals surface area contributed by atoms with Crippen LogP contribution in [0.2, 0.25) is 0 Å². The van der Waals surface area contributed by atoms with E-state index >= 15 is 0 Å². The van der Waals surface area contributed by atoms with Crippen molar-refractivity contribution in [2.45, 2.75) is 32.0 Å². The minimum Gasteiger partial charge on any atom is -0.406 e. The molecule has 0 fully saturated rings. The average Bonchev–Trinajstić information content (AvgIpc) is 2.44. The molecule has 0 unspecified atom stereocenters. The van der Waals surface area contributed by atoms with Gasteiger partial charge in [0.1, 0.15) is 17.4 Å². The number of halogens is 5. The number of hydrogen-bond acceptors (Lipinski definition) is 2. The Labute approximate surface area is 137 Å². The van der Waals surface area contributed by atoms with Crippen LogP contribution in [-0.2, 0) is 0 Å². The first kappa shape index (κ1) is 21.2. The third-order valence-electron chi connectivity index (χ3n) is 2.17. The smallest absolute Gasteiger partial charge is 0.406 e. The monoisotopic (exact) mass is 352 g/mol. The highest BCUT2D eigenvalue weighted by atomic mass is 32.1. The maximum atomic E-state index is 12.3. The fourth-order valence-corrected chi connectivity index (χ4v) is 1.50.